The first-order valence-electron chi connectivity index (χ1n) is 6.17. The van der Waals surface area contributed by atoms with Crippen molar-refractivity contribution in [3.05, 3.63) is 29.8 Å². The molecule has 0 spiro atoms. The zero-order valence-electron chi connectivity index (χ0n) is 11.2. The van der Waals surface area contributed by atoms with Gasteiger partial charge in [-0.25, -0.2) is 0 Å². The summed E-state index contributed by atoms with van der Waals surface area (Å²) >= 11 is 0. The van der Waals surface area contributed by atoms with Crippen molar-refractivity contribution >= 4 is 0 Å². The maximum Gasteiger partial charge on any atom is 0.123 e. The highest BCUT2D eigenvalue weighted by molar-refractivity contribution is 5.35. The summed E-state index contributed by atoms with van der Waals surface area (Å²) in [6.45, 7) is 7.82. The Morgan fingerprint density at radius 3 is 2.59 bits per heavy atom. The first kappa shape index (κ1) is 14.0. The molecule has 96 valence electrons. The van der Waals surface area contributed by atoms with Gasteiger partial charge in [0.1, 0.15) is 5.75 Å². The summed E-state index contributed by atoms with van der Waals surface area (Å²) in [7, 11) is 1.70. The minimum absolute atomic E-state index is 0.233. The standard InChI is InChI=1S/C14H23NO2/c1-5-17-11(2)10-15-12(3)13-8-6-7-9-14(13)16-4/h6-9,11-12,15H,5,10H2,1-4H3. The molecule has 0 fully saturated rings. The van der Waals surface area contributed by atoms with Crippen LogP contribution in [0.3, 0.4) is 0 Å². The number of para-hydroxylation sites is 1. The van der Waals surface area contributed by atoms with Crippen LogP contribution >= 0.6 is 0 Å². The maximum atomic E-state index is 5.49. The number of ether oxygens (including phenoxy) is 2. The average molecular weight is 237 g/mol. The van der Waals surface area contributed by atoms with E-state index in [9.17, 15) is 0 Å². The van der Waals surface area contributed by atoms with Gasteiger partial charge in [0.05, 0.1) is 13.2 Å². The van der Waals surface area contributed by atoms with Crippen LogP contribution in [0.1, 0.15) is 32.4 Å². The largest absolute Gasteiger partial charge is 0.496 e. The number of hydrogen-bond donors (Lipinski definition) is 1. The zero-order valence-corrected chi connectivity index (χ0v) is 11.2. The Bertz CT molecular complexity index is 328. The minimum Gasteiger partial charge on any atom is -0.496 e. The lowest BCUT2D eigenvalue weighted by molar-refractivity contribution is 0.0743. The fourth-order valence-corrected chi connectivity index (χ4v) is 1.82. The van der Waals surface area contributed by atoms with E-state index in [2.05, 4.69) is 25.2 Å². The summed E-state index contributed by atoms with van der Waals surface area (Å²) in [6, 6.07) is 8.34. The second kappa shape index (κ2) is 7.30. The second-order valence-corrected chi connectivity index (χ2v) is 4.14. The highest BCUT2D eigenvalue weighted by Gasteiger charge is 2.11. The molecule has 0 aliphatic carbocycles. The SMILES string of the molecule is CCOC(C)CNC(C)c1ccccc1OC. The molecule has 0 aliphatic rings. The molecule has 0 aromatic heterocycles. The average Bonchev–Trinajstić information content (AvgIpc) is 2.36. The molecule has 2 atom stereocenters. The van der Waals surface area contributed by atoms with Crippen molar-refractivity contribution in [1.29, 1.82) is 0 Å². The van der Waals surface area contributed by atoms with Gasteiger partial charge in [0.25, 0.3) is 0 Å². The van der Waals surface area contributed by atoms with Crippen molar-refractivity contribution in [1.82, 2.24) is 5.32 Å². The number of rotatable bonds is 7. The molecule has 1 aromatic rings. The number of nitrogens with one attached hydrogen (secondary N) is 1. The van der Waals surface area contributed by atoms with Gasteiger partial charge in [-0.1, -0.05) is 18.2 Å². The maximum absolute atomic E-state index is 5.49. The third kappa shape index (κ3) is 4.36. The molecule has 1 N–H and O–H groups in total. The molecule has 0 saturated heterocycles. The van der Waals surface area contributed by atoms with E-state index < -0.39 is 0 Å². The van der Waals surface area contributed by atoms with Crippen LogP contribution in [0, 0.1) is 0 Å². The van der Waals surface area contributed by atoms with Crippen LogP contribution in [0.15, 0.2) is 24.3 Å². The van der Waals surface area contributed by atoms with Crippen molar-refractivity contribution < 1.29 is 9.47 Å². The summed E-state index contributed by atoms with van der Waals surface area (Å²) in [5, 5.41) is 3.45. The van der Waals surface area contributed by atoms with Crippen LogP contribution in [-0.2, 0) is 4.74 Å². The minimum atomic E-state index is 0.233. The van der Waals surface area contributed by atoms with Crippen LogP contribution in [0.5, 0.6) is 5.75 Å². The van der Waals surface area contributed by atoms with E-state index in [1.165, 1.54) is 5.56 Å². The summed E-state index contributed by atoms with van der Waals surface area (Å²) < 4.78 is 10.8. The molecule has 1 rings (SSSR count). The predicted octanol–water partition coefficient (Wildman–Crippen LogP) is 2.77. The first-order chi connectivity index (χ1) is 8.19. The normalized spacial score (nSPS) is 14.4. The van der Waals surface area contributed by atoms with E-state index in [0.717, 1.165) is 18.9 Å². The van der Waals surface area contributed by atoms with Crippen LogP contribution in [0.2, 0.25) is 0 Å². The van der Waals surface area contributed by atoms with E-state index in [-0.39, 0.29) is 12.1 Å². The lowest BCUT2D eigenvalue weighted by Gasteiger charge is -2.19. The van der Waals surface area contributed by atoms with Gasteiger partial charge in [0, 0.05) is 24.8 Å². The topological polar surface area (TPSA) is 30.5 Å². The highest BCUT2D eigenvalue weighted by atomic mass is 16.5. The molecule has 0 aliphatic heterocycles. The van der Waals surface area contributed by atoms with Crippen molar-refractivity contribution in [3.63, 3.8) is 0 Å². The Kier molecular flexibility index (Phi) is 6.01. The van der Waals surface area contributed by atoms with Gasteiger partial charge in [0.15, 0.2) is 0 Å². The smallest absolute Gasteiger partial charge is 0.123 e. The van der Waals surface area contributed by atoms with Gasteiger partial charge >= 0.3 is 0 Å². The highest BCUT2D eigenvalue weighted by Crippen LogP contribution is 2.24. The molecule has 0 saturated carbocycles. The number of methoxy groups -OCH3 is 1. The third-order valence-corrected chi connectivity index (χ3v) is 2.77. The Hall–Kier alpha value is -1.06. The molecule has 0 heterocycles. The molecule has 1 aromatic carbocycles. The van der Waals surface area contributed by atoms with Crippen molar-refractivity contribution in [3.8, 4) is 5.75 Å². The summed E-state index contributed by atoms with van der Waals surface area (Å²) in [5.41, 5.74) is 1.18. The van der Waals surface area contributed by atoms with Gasteiger partial charge in [-0.2, -0.15) is 0 Å². The lowest BCUT2D eigenvalue weighted by Crippen LogP contribution is -2.29. The van der Waals surface area contributed by atoms with Crippen LogP contribution in [0.25, 0.3) is 0 Å². The zero-order chi connectivity index (χ0) is 12.7. The predicted molar refractivity (Wildman–Crippen MR) is 70.5 cm³/mol. The summed E-state index contributed by atoms with van der Waals surface area (Å²) in [4.78, 5) is 0. The molecule has 0 radical (unpaired) electrons. The van der Waals surface area contributed by atoms with E-state index >= 15 is 0 Å². The van der Waals surface area contributed by atoms with Gasteiger partial charge in [-0.3, -0.25) is 0 Å². The molecular formula is C14H23NO2. The van der Waals surface area contributed by atoms with Gasteiger partial charge in [-0.05, 0) is 26.8 Å². The molecule has 17 heavy (non-hydrogen) atoms. The van der Waals surface area contributed by atoms with Crippen molar-refractivity contribution in [2.24, 2.45) is 0 Å². The fourth-order valence-electron chi connectivity index (χ4n) is 1.82. The third-order valence-electron chi connectivity index (χ3n) is 2.77. The van der Waals surface area contributed by atoms with Gasteiger partial charge < -0.3 is 14.8 Å². The Morgan fingerprint density at radius 2 is 1.94 bits per heavy atom. The Labute approximate surface area is 104 Å². The number of benzene rings is 1. The lowest BCUT2D eigenvalue weighted by atomic mass is 10.1. The Balaban J connectivity index is 2.54. The molecule has 3 heteroatoms. The molecular weight excluding hydrogens is 214 g/mol. The van der Waals surface area contributed by atoms with E-state index in [1.54, 1.807) is 7.11 Å². The number of hydrogen-bond acceptors (Lipinski definition) is 3. The van der Waals surface area contributed by atoms with Crippen LogP contribution in [-0.4, -0.2) is 26.4 Å². The van der Waals surface area contributed by atoms with E-state index in [0.29, 0.717) is 0 Å². The second-order valence-electron chi connectivity index (χ2n) is 4.14. The quantitative estimate of drug-likeness (QED) is 0.791. The van der Waals surface area contributed by atoms with Gasteiger partial charge in [0.2, 0.25) is 0 Å². The molecule has 0 bridgehead atoms. The first-order valence-corrected chi connectivity index (χ1v) is 6.17. The fraction of sp³-hybridized carbons (Fsp3) is 0.571. The van der Waals surface area contributed by atoms with Crippen LogP contribution in [0.4, 0.5) is 0 Å². The van der Waals surface area contributed by atoms with Gasteiger partial charge in [-0.15, -0.1) is 0 Å². The van der Waals surface area contributed by atoms with E-state index in [4.69, 9.17) is 9.47 Å². The Morgan fingerprint density at radius 1 is 1.24 bits per heavy atom. The molecule has 2 unspecified atom stereocenters. The monoisotopic (exact) mass is 237 g/mol. The van der Waals surface area contributed by atoms with Crippen molar-refractivity contribution in [2.75, 3.05) is 20.3 Å². The molecule has 3 nitrogen and oxygen atoms in total. The van der Waals surface area contributed by atoms with Crippen LogP contribution < -0.4 is 10.1 Å². The van der Waals surface area contributed by atoms with E-state index in [1.807, 2.05) is 25.1 Å². The summed E-state index contributed by atoms with van der Waals surface area (Å²) in [5.74, 6) is 0.927. The van der Waals surface area contributed by atoms with Crippen molar-refractivity contribution in [2.45, 2.75) is 32.9 Å². The summed E-state index contributed by atoms with van der Waals surface area (Å²) in [6.07, 6.45) is 0.233. The molecule has 0 amide bonds.